The number of carbonyl (C=O) groups is 1. The van der Waals surface area contributed by atoms with Gasteiger partial charge in [-0.2, -0.15) is 4.31 Å². The van der Waals surface area contributed by atoms with Gasteiger partial charge in [-0.3, -0.25) is 14.9 Å². The van der Waals surface area contributed by atoms with E-state index < -0.39 is 42.9 Å². The predicted molar refractivity (Wildman–Crippen MR) is 114 cm³/mol. The summed E-state index contributed by atoms with van der Waals surface area (Å²) in [6.45, 7) is -0.247. The highest BCUT2D eigenvalue weighted by Gasteiger charge is 2.22. The first-order valence-corrected chi connectivity index (χ1v) is 12.3. The van der Waals surface area contributed by atoms with Crippen LogP contribution >= 0.6 is 0 Å². The normalized spacial score (nSPS) is 11.8. The zero-order valence-electron chi connectivity index (χ0n) is 16.8. The molecule has 0 radical (unpaired) electrons. The van der Waals surface area contributed by atoms with Crippen molar-refractivity contribution >= 4 is 37.1 Å². The second-order valence-corrected chi connectivity index (χ2v) is 10.6. The van der Waals surface area contributed by atoms with Gasteiger partial charge in [0.05, 0.1) is 21.3 Å². The lowest BCUT2D eigenvalue weighted by Crippen LogP contribution is -2.39. The molecule has 0 heterocycles. The standard InChI is InChI=1S/C18H22N4O7S2/c1-21(31(28,29)14-6-4-3-5-7-14)13-18(23)20-11-10-19-16-9-8-15(30(2,26)27)12-17(16)22(24)25/h3-9,12,19H,10-11,13H2,1-2H3,(H,20,23). The summed E-state index contributed by atoms with van der Waals surface area (Å²) >= 11 is 0. The topological polar surface area (TPSA) is 156 Å². The van der Waals surface area contributed by atoms with Crippen LogP contribution in [-0.2, 0) is 24.7 Å². The van der Waals surface area contributed by atoms with Crippen molar-refractivity contribution in [3.8, 4) is 0 Å². The summed E-state index contributed by atoms with van der Waals surface area (Å²) < 4.78 is 48.9. The van der Waals surface area contributed by atoms with Crippen molar-refractivity contribution in [3.63, 3.8) is 0 Å². The van der Waals surface area contributed by atoms with Gasteiger partial charge in [-0.15, -0.1) is 0 Å². The van der Waals surface area contributed by atoms with Crippen molar-refractivity contribution in [2.75, 3.05) is 38.3 Å². The highest BCUT2D eigenvalue weighted by Crippen LogP contribution is 2.27. The van der Waals surface area contributed by atoms with Crippen molar-refractivity contribution in [1.29, 1.82) is 0 Å². The van der Waals surface area contributed by atoms with Crippen LogP contribution in [0.4, 0.5) is 11.4 Å². The number of anilines is 1. The van der Waals surface area contributed by atoms with Crippen LogP contribution in [-0.4, -0.2) is 64.9 Å². The van der Waals surface area contributed by atoms with Crippen LogP contribution in [0.15, 0.2) is 58.3 Å². The molecule has 0 fully saturated rings. The van der Waals surface area contributed by atoms with Crippen LogP contribution in [0.1, 0.15) is 0 Å². The first-order valence-electron chi connectivity index (χ1n) is 8.93. The Morgan fingerprint density at radius 1 is 1.03 bits per heavy atom. The molecular weight excluding hydrogens is 448 g/mol. The maximum absolute atomic E-state index is 12.4. The predicted octanol–water partition coefficient (Wildman–Crippen LogP) is 0.847. The van der Waals surface area contributed by atoms with E-state index in [0.717, 1.165) is 16.6 Å². The highest BCUT2D eigenvalue weighted by molar-refractivity contribution is 7.90. The van der Waals surface area contributed by atoms with Crippen molar-refractivity contribution in [1.82, 2.24) is 9.62 Å². The molecule has 168 valence electrons. The molecule has 0 saturated carbocycles. The molecule has 0 aliphatic rings. The lowest BCUT2D eigenvalue weighted by molar-refractivity contribution is -0.384. The summed E-state index contributed by atoms with van der Waals surface area (Å²) in [5.41, 5.74) is -0.321. The molecule has 0 spiro atoms. The minimum Gasteiger partial charge on any atom is -0.378 e. The summed E-state index contributed by atoms with van der Waals surface area (Å²) in [7, 11) is -6.12. The zero-order valence-corrected chi connectivity index (χ0v) is 18.4. The van der Waals surface area contributed by atoms with Crippen molar-refractivity contribution in [3.05, 3.63) is 58.6 Å². The van der Waals surface area contributed by atoms with E-state index in [-0.39, 0.29) is 28.6 Å². The Labute approximate surface area is 180 Å². The minimum absolute atomic E-state index is 0.0586. The second-order valence-electron chi connectivity index (χ2n) is 6.56. The summed E-state index contributed by atoms with van der Waals surface area (Å²) in [5.74, 6) is -0.550. The molecular formula is C18H22N4O7S2. The molecule has 0 bridgehead atoms. The molecule has 0 unspecified atom stereocenters. The zero-order chi connectivity index (χ0) is 23.2. The number of nitrogens with zero attached hydrogens (tertiary/aromatic N) is 2. The van der Waals surface area contributed by atoms with Gasteiger partial charge >= 0.3 is 0 Å². The minimum atomic E-state index is -3.81. The van der Waals surface area contributed by atoms with E-state index in [2.05, 4.69) is 10.6 Å². The largest absolute Gasteiger partial charge is 0.378 e. The molecule has 2 aromatic carbocycles. The molecule has 31 heavy (non-hydrogen) atoms. The van der Waals surface area contributed by atoms with Gasteiger partial charge in [0.25, 0.3) is 5.69 Å². The van der Waals surface area contributed by atoms with Gasteiger partial charge in [-0.05, 0) is 24.3 Å². The Balaban J connectivity index is 1.91. The van der Waals surface area contributed by atoms with Crippen LogP contribution in [0.2, 0.25) is 0 Å². The summed E-state index contributed by atoms with van der Waals surface area (Å²) in [6, 6.07) is 11.2. The first kappa shape index (κ1) is 24.2. The third-order valence-corrected chi connectivity index (χ3v) is 7.10. The van der Waals surface area contributed by atoms with Crippen LogP contribution in [0.3, 0.4) is 0 Å². The van der Waals surface area contributed by atoms with E-state index in [1.54, 1.807) is 18.2 Å². The number of sulfonamides is 1. The molecule has 11 nitrogen and oxygen atoms in total. The number of hydrogen-bond donors (Lipinski definition) is 2. The number of sulfone groups is 1. The quantitative estimate of drug-likeness (QED) is 0.294. The van der Waals surface area contributed by atoms with Crippen LogP contribution in [0, 0.1) is 10.1 Å². The second kappa shape index (κ2) is 9.85. The van der Waals surface area contributed by atoms with Gasteiger partial charge in [-0.25, -0.2) is 16.8 Å². The van der Waals surface area contributed by atoms with E-state index in [4.69, 9.17) is 0 Å². The third-order valence-electron chi connectivity index (χ3n) is 4.17. The van der Waals surface area contributed by atoms with E-state index in [0.29, 0.717) is 0 Å². The van der Waals surface area contributed by atoms with E-state index >= 15 is 0 Å². The lowest BCUT2D eigenvalue weighted by Gasteiger charge is -2.17. The van der Waals surface area contributed by atoms with Crippen LogP contribution in [0.5, 0.6) is 0 Å². The molecule has 2 rings (SSSR count). The van der Waals surface area contributed by atoms with Crippen molar-refractivity contribution in [2.45, 2.75) is 9.79 Å². The number of nitrogens with one attached hydrogen (secondary N) is 2. The Hall–Kier alpha value is -3.03. The van der Waals surface area contributed by atoms with E-state index in [1.165, 1.54) is 31.3 Å². The maximum Gasteiger partial charge on any atom is 0.293 e. The fraction of sp³-hybridized carbons (Fsp3) is 0.278. The number of carbonyl (C=O) groups excluding carboxylic acids is 1. The summed E-state index contributed by atoms with van der Waals surface area (Å²) in [5, 5.41) is 16.5. The van der Waals surface area contributed by atoms with Crippen LogP contribution < -0.4 is 10.6 Å². The number of hydrogen-bond acceptors (Lipinski definition) is 8. The molecule has 0 atom stereocenters. The van der Waals surface area contributed by atoms with Gasteiger partial charge < -0.3 is 10.6 Å². The number of nitro benzene ring substituents is 1. The Kier molecular flexibility index (Phi) is 7.70. The number of nitro groups is 1. The number of benzene rings is 2. The molecule has 1 amide bonds. The molecule has 2 aromatic rings. The SMILES string of the molecule is CN(CC(=O)NCCNc1ccc(S(C)(=O)=O)cc1[N+](=O)[O-])S(=O)(=O)c1ccccc1. The number of amides is 1. The van der Waals surface area contributed by atoms with Crippen molar-refractivity contribution < 1.29 is 26.6 Å². The Bertz CT molecular complexity index is 1170. The van der Waals surface area contributed by atoms with Gasteiger partial charge in [0.2, 0.25) is 15.9 Å². The number of likely N-dealkylation sites (N-methyl/N-ethyl adjacent to an activating group) is 1. The highest BCUT2D eigenvalue weighted by atomic mass is 32.2. The fourth-order valence-electron chi connectivity index (χ4n) is 2.56. The van der Waals surface area contributed by atoms with Gasteiger partial charge in [0.15, 0.2) is 9.84 Å². The van der Waals surface area contributed by atoms with Gasteiger partial charge in [0.1, 0.15) is 5.69 Å². The Morgan fingerprint density at radius 3 is 2.26 bits per heavy atom. The average molecular weight is 471 g/mol. The molecule has 0 aliphatic carbocycles. The first-order chi connectivity index (χ1) is 14.4. The molecule has 0 saturated heterocycles. The van der Waals surface area contributed by atoms with Gasteiger partial charge in [0, 0.05) is 32.5 Å². The maximum atomic E-state index is 12.4. The third kappa shape index (κ3) is 6.47. The van der Waals surface area contributed by atoms with Crippen molar-refractivity contribution in [2.24, 2.45) is 0 Å². The van der Waals surface area contributed by atoms with Gasteiger partial charge in [-0.1, -0.05) is 18.2 Å². The smallest absolute Gasteiger partial charge is 0.293 e. The van der Waals surface area contributed by atoms with Crippen LogP contribution in [0.25, 0.3) is 0 Å². The fourth-order valence-corrected chi connectivity index (χ4v) is 4.35. The number of rotatable bonds is 10. The van der Waals surface area contributed by atoms with E-state index in [9.17, 15) is 31.7 Å². The molecule has 2 N–H and O–H groups in total. The molecule has 13 heteroatoms. The lowest BCUT2D eigenvalue weighted by atomic mass is 10.2. The monoisotopic (exact) mass is 470 g/mol. The molecule has 0 aliphatic heterocycles. The summed E-state index contributed by atoms with van der Waals surface area (Å²) in [6.07, 6.45) is 0.948. The molecule has 0 aromatic heterocycles. The Morgan fingerprint density at radius 2 is 1.68 bits per heavy atom. The summed E-state index contributed by atoms with van der Waals surface area (Å²) in [4.78, 5) is 22.4. The van der Waals surface area contributed by atoms with E-state index in [1.807, 2.05) is 0 Å². The average Bonchev–Trinajstić information content (AvgIpc) is 2.71.